The second kappa shape index (κ2) is 5.85. The van der Waals surface area contributed by atoms with Crippen LogP contribution >= 0.6 is 0 Å². The molecule has 0 amide bonds. The zero-order chi connectivity index (χ0) is 11.2. The molecule has 0 aliphatic heterocycles. The third kappa shape index (κ3) is 3.49. The average molecular weight is 219 g/mol. The standard InChI is InChI=1S/C13H21N3/c14-12-4-5-13(16-10-12)7-9-15-8-6-11-2-1-3-11/h4-5,10-11,15H,1-3,6-9,14H2. The molecule has 0 radical (unpaired) electrons. The van der Waals surface area contributed by atoms with Gasteiger partial charge in [-0.25, -0.2) is 0 Å². The maximum Gasteiger partial charge on any atom is 0.0501 e. The molecule has 0 bridgehead atoms. The van der Waals surface area contributed by atoms with E-state index in [0.29, 0.717) is 0 Å². The van der Waals surface area contributed by atoms with Gasteiger partial charge >= 0.3 is 0 Å². The first kappa shape index (κ1) is 11.4. The Kier molecular flexibility index (Phi) is 4.17. The van der Waals surface area contributed by atoms with Crippen molar-refractivity contribution in [3.8, 4) is 0 Å². The number of rotatable bonds is 6. The molecule has 1 saturated carbocycles. The van der Waals surface area contributed by atoms with E-state index in [1.165, 1.54) is 25.7 Å². The minimum atomic E-state index is 0.738. The van der Waals surface area contributed by atoms with Gasteiger partial charge in [-0.15, -0.1) is 0 Å². The monoisotopic (exact) mass is 219 g/mol. The van der Waals surface area contributed by atoms with Gasteiger partial charge in [-0.3, -0.25) is 4.98 Å². The number of hydrogen-bond acceptors (Lipinski definition) is 3. The fourth-order valence-corrected chi connectivity index (χ4v) is 2.01. The molecule has 3 nitrogen and oxygen atoms in total. The van der Waals surface area contributed by atoms with Gasteiger partial charge in [0.15, 0.2) is 0 Å². The van der Waals surface area contributed by atoms with Crippen LogP contribution in [0.15, 0.2) is 18.3 Å². The summed E-state index contributed by atoms with van der Waals surface area (Å²) in [6.45, 7) is 2.17. The number of hydrogen-bond donors (Lipinski definition) is 2. The van der Waals surface area contributed by atoms with Gasteiger partial charge in [-0.2, -0.15) is 0 Å². The van der Waals surface area contributed by atoms with Gasteiger partial charge in [0.2, 0.25) is 0 Å². The molecule has 0 unspecified atom stereocenters. The van der Waals surface area contributed by atoms with Crippen LogP contribution in [0.4, 0.5) is 5.69 Å². The van der Waals surface area contributed by atoms with Crippen LogP contribution in [-0.4, -0.2) is 18.1 Å². The normalized spacial score (nSPS) is 16.0. The van der Waals surface area contributed by atoms with E-state index in [-0.39, 0.29) is 0 Å². The highest BCUT2D eigenvalue weighted by molar-refractivity contribution is 5.34. The van der Waals surface area contributed by atoms with E-state index in [9.17, 15) is 0 Å². The molecular formula is C13H21N3. The molecule has 1 aliphatic rings. The van der Waals surface area contributed by atoms with Crippen LogP contribution in [0.2, 0.25) is 0 Å². The largest absolute Gasteiger partial charge is 0.397 e. The van der Waals surface area contributed by atoms with Gasteiger partial charge < -0.3 is 11.1 Å². The topological polar surface area (TPSA) is 50.9 Å². The Labute approximate surface area is 97.5 Å². The van der Waals surface area contributed by atoms with Gasteiger partial charge in [0, 0.05) is 18.7 Å². The molecular weight excluding hydrogens is 198 g/mol. The van der Waals surface area contributed by atoms with Crippen molar-refractivity contribution in [2.75, 3.05) is 18.8 Å². The van der Waals surface area contributed by atoms with E-state index >= 15 is 0 Å². The highest BCUT2D eigenvalue weighted by Gasteiger charge is 2.15. The zero-order valence-corrected chi connectivity index (χ0v) is 9.78. The number of aromatic nitrogens is 1. The van der Waals surface area contributed by atoms with Crippen molar-refractivity contribution in [2.24, 2.45) is 5.92 Å². The molecule has 88 valence electrons. The number of nitrogens with zero attached hydrogens (tertiary/aromatic N) is 1. The molecule has 2 rings (SSSR count). The maximum atomic E-state index is 5.58. The van der Waals surface area contributed by atoms with Gasteiger partial charge in [-0.05, 0) is 31.0 Å². The molecule has 0 aromatic carbocycles. The summed E-state index contributed by atoms with van der Waals surface area (Å²) in [5.41, 5.74) is 7.43. The van der Waals surface area contributed by atoms with Crippen molar-refractivity contribution in [2.45, 2.75) is 32.1 Å². The van der Waals surface area contributed by atoms with Crippen LogP contribution < -0.4 is 11.1 Å². The van der Waals surface area contributed by atoms with E-state index in [1.54, 1.807) is 6.20 Å². The lowest BCUT2D eigenvalue weighted by molar-refractivity contribution is 0.292. The summed E-state index contributed by atoms with van der Waals surface area (Å²) in [5, 5.41) is 3.48. The van der Waals surface area contributed by atoms with Crippen molar-refractivity contribution in [1.82, 2.24) is 10.3 Å². The summed E-state index contributed by atoms with van der Waals surface area (Å²) >= 11 is 0. The fraction of sp³-hybridized carbons (Fsp3) is 0.615. The van der Waals surface area contributed by atoms with Gasteiger partial charge in [0.05, 0.1) is 11.9 Å². The first-order valence-corrected chi connectivity index (χ1v) is 6.26. The van der Waals surface area contributed by atoms with E-state index in [2.05, 4.69) is 10.3 Å². The van der Waals surface area contributed by atoms with Gasteiger partial charge in [0.25, 0.3) is 0 Å². The summed E-state index contributed by atoms with van der Waals surface area (Å²) in [6.07, 6.45) is 8.40. The van der Waals surface area contributed by atoms with E-state index in [0.717, 1.165) is 36.8 Å². The molecule has 3 N–H and O–H groups in total. The molecule has 1 fully saturated rings. The molecule has 1 heterocycles. The number of nitrogens with two attached hydrogens (primary N) is 1. The first-order chi connectivity index (χ1) is 7.84. The molecule has 0 atom stereocenters. The van der Waals surface area contributed by atoms with Crippen LogP contribution in [0, 0.1) is 5.92 Å². The average Bonchev–Trinajstić information content (AvgIpc) is 2.23. The Bertz CT molecular complexity index is 303. The maximum absolute atomic E-state index is 5.58. The van der Waals surface area contributed by atoms with Crippen LogP contribution in [0.1, 0.15) is 31.4 Å². The molecule has 0 spiro atoms. The summed E-state index contributed by atoms with van der Waals surface area (Å²) < 4.78 is 0. The zero-order valence-electron chi connectivity index (χ0n) is 9.78. The van der Waals surface area contributed by atoms with Crippen LogP contribution in [0.25, 0.3) is 0 Å². The first-order valence-electron chi connectivity index (χ1n) is 6.26. The minimum absolute atomic E-state index is 0.738. The van der Waals surface area contributed by atoms with Gasteiger partial charge in [-0.1, -0.05) is 19.3 Å². The summed E-state index contributed by atoms with van der Waals surface area (Å²) in [5.74, 6) is 1.00. The van der Waals surface area contributed by atoms with E-state index in [4.69, 9.17) is 5.73 Å². The van der Waals surface area contributed by atoms with Crippen LogP contribution in [-0.2, 0) is 6.42 Å². The summed E-state index contributed by atoms with van der Waals surface area (Å²) in [4.78, 5) is 4.27. The molecule has 1 aliphatic carbocycles. The molecule has 0 saturated heterocycles. The lowest BCUT2D eigenvalue weighted by Gasteiger charge is -2.25. The van der Waals surface area contributed by atoms with Crippen LogP contribution in [0.5, 0.6) is 0 Å². The lowest BCUT2D eigenvalue weighted by Crippen LogP contribution is -2.23. The smallest absolute Gasteiger partial charge is 0.0501 e. The number of anilines is 1. The number of pyridine rings is 1. The minimum Gasteiger partial charge on any atom is -0.397 e. The van der Waals surface area contributed by atoms with Crippen molar-refractivity contribution < 1.29 is 0 Å². The Balaban J connectivity index is 1.55. The highest BCUT2D eigenvalue weighted by atomic mass is 14.9. The Morgan fingerprint density at radius 2 is 2.19 bits per heavy atom. The number of nitrogen functional groups attached to an aromatic ring is 1. The Morgan fingerprint density at radius 1 is 1.31 bits per heavy atom. The molecule has 16 heavy (non-hydrogen) atoms. The summed E-state index contributed by atoms with van der Waals surface area (Å²) in [6, 6.07) is 3.92. The number of nitrogens with one attached hydrogen (secondary N) is 1. The molecule has 1 aromatic rings. The van der Waals surface area contributed by atoms with Crippen molar-refractivity contribution >= 4 is 5.69 Å². The van der Waals surface area contributed by atoms with Crippen molar-refractivity contribution in [1.29, 1.82) is 0 Å². The molecule has 3 heteroatoms. The van der Waals surface area contributed by atoms with Crippen LogP contribution in [0.3, 0.4) is 0 Å². The second-order valence-corrected chi connectivity index (χ2v) is 4.67. The van der Waals surface area contributed by atoms with E-state index < -0.39 is 0 Å². The van der Waals surface area contributed by atoms with Crippen molar-refractivity contribution in [3.63, 3.8) is 0 Å². The Morgan fingerprint density at radius 3 is 2.81 bits per heavy atom. The SMILES string of the molecule is Nc1ccc(CCNCCC2CCC2)nc1. The van der Waals surface area contributed by atoms with E-state index in [1.807, 2.05) is 12.1 Å². The molecule has 1 aromatic heterocycles. The Hall–Kier alpha value is -1.09. The van der Waals surface area contributed by atoms with Crippen molar-refractivity contribution in [3.05, 3.63) is 24.0 Å². The highest BCUT2D eigenvalue weighted by Crippen LogP contribution is 2.28. The summed E-state index contributed by atoms with van der Waals surface area (Å²) in [7, 11) is 0. The fourth-order valence-electron chi connectivity index (χ4n) is 2.01. The third-order valence-corrected chi connectivity index (χ3v) is 3.36. The quantitative estimate of drug-likeness (QED) is 0.719. The third-order valence-electron chi connectivity index (χ3n) is 3.36. The van der Waals surface area contributed by atoms with Gasteiger partial charge in [0.1, 0.15) is 0 Å². The second-order valence-electron chi connectivity index (χ2n) is 4.67. The lowest BCUT2D eigenvalue weighted by atomic mass is 9.83. The predicted octanol–water partition coefficient (Wildman–Crippen LogP) is 1.99. The predicted molar refractivity (Wildman–Crippen MR) is 67.2 cm³/mol.